The average Bonchev–Trinajstić information content (AvgIpc) is 2.82. The van der Waals surface area contributed by atoms with Crippen LogP contribution in [0.5, 0.6) is 0 Å². The Bertz CT molecular complexity index is 229. The number of nitrogens with one attached hydrogen (secondary N) is 1. The van der Waals surface area contributed by atoms with Crippen molar-refractivity contribution in [3.8, 4) is 0 Å². The van der Waals surface area contributed by atoms with Gasteiger partial charge in [-0.05, 0) is 19.3 Å². The lowest BCUT2D eigenvalue weighted by atomic mass is 10.2. The van der Waals surface area contributed by atoms with Crippen molar-refractivity contribution >= 4 is 18.3 Å². The molecule has 5 nitrogen and oxygen atoms in total. The van der Waals surface area contributed by atoms with Crippen molar-refractivity contribution in [1.82, 2.24) is 5.32 Å². The second-order valence-electron chi connectivity index (χ2n) is 4.32. The molecule has 0 saturated carbocycles. The minimum atomic E-state index is -0.320. The molecule has 1 saturated heterocycles. The fourth-order valence-electron chi connectivity index (χ4n) is 1.78. The minimum Gasteiger partial charge on any atom is -0.380 e. The van der Waals surface area contributed by atoms with Crippen molar-refractivity contribution in [3.63, 3.8) is 0 Å². The molecule has 0 aliphatic carbocycles. The van der Waals surface area contributed by atoms with Crippen LogP contribution in [0.3, 0.4) is 0 Å². The van der Waals surface area contributed by atoms with Gasteiger partial charge in [-0.15, -0.1) is 12.4 Å². The molecule has 1 fully saturated rings. The van der Waals surface area contributed by atoms with Gasteiger partial charge in [-0.25, -0.2) is 0 Å². The van der Waals surface area contributed by atoms with E-state index in [1.54, 1.807) is 0 Å². The lowest BCUT2D eigenvalue weighted by molar-refractivity contribution is -0.132. The molecule has 2 atom stereocenters. The van der Waals surface area contributed by atoms with E-state index >= 15 is 0 Å². The van der Waals surface area contributed by atoms with Crippen LogP contribution in [0.2, 0.25) is 0 Å². The molecule has 108 valence electrons. The van der Waals surface area contributed by atoms with Crippen molar-refractivity contribution < 1.29 is 14.3 Å². The third kappa shape index (κ3) is 6.54. The van der Waals surface area contributed by atoms with E-state index in [0.717, 1.165) is 32.3 Å². The number of unbranched alkanes of at least 4 members (excludes halogenated alkanes) is 1. The summed E-state index contributed by atoms with van der Waals surface area (Å²) in [5, 5.41) is 2.82. The summed E-state index contributed by atoms with van der Waals surface area (Å²) in [7, 11) is 0. The summed E-state index contributed by atoms with van der Waals surface area (Å²) in [5.41, 5.74) is 5.49. The van der Waals surface area contributed by atoms with Crippen molar-refractivity contribution in [2.75, 3.05) is 26.3 Å². The number of halogens is 1. The molecule has 3 N–H and O–H groups in total. The highest BCUT2D eigenvalue weighted by Crippen LogP contribution is 2.18. The van der Waals surface area contributed by atoms with Gasteiger partial charge < -0.3 is 20.5 Å². The summed E-state index contributed by atoms with van der Waals surface area (Å²) >= 11 is 0. The smallest absolute Gasteiger partial charge is 0.249 e. The molecule has 1 aliphatic rings. The third-order valence-corrected chi connectivity index (χ3v) is 2.85. The second kappa shape index (κ2) is 10.6. The topological polar surface area (TPSA) is 73.6 Å². The molecular weight excluding hydrogens is 256 g/mol. The predicted molar refractivity (Wildman–Crippen MR) is 72.9 cm³/mol. The van der Waals surface area contributed by atoms with Crippen LogP contribution in [0.15, 0.2) is 0 Å². The standard InChI is InChI=1S/C12H24N2O3.ClH/c1-2-3-7-16-8-6-14-12(15)11-5-4-10(9-13)17-11;/h10-11H,2-9,13H2,1H3,(H,14,15);1H/t10-,11+;/m1./s1. The van der Waals surface area contributed by atoms with Gasteiger partial charge in [0, 0.05) is 19.7 Å². The quantitative estimate of drug-likeness (QED) is 0.647. The summed E-state index contributed by atoms with van der Waals surface area (Å²) in [4.78, 5) is 11.7. The number of carbonyl (C=O) groups excluding carboxylic acids is 1. The van der Waals surface area contributed by atoms with Crippen LogP contribution < -0.4 is 11.1 Å². The van der Waals surface area contributed by atoms with Crippen LogP contribution in [0.4, 0.5) is 0 Å². The Morgan fingerprint density at radius 1 is 1.44 bits per heavy atom. The molecular formula is C12H25ClN2O3. The maximum absolute atomic E-state index is 11.7. The molecule has 1 amide bonds. The largest absolute Gasteiger partial charge is 0.380 e. The first-order valence-electron chi connectivity index (χ1n) is 6.49. The Morgan fingerprint density at radius 2 is 2.22 bits per heavy atom. The highest BCUT2D eigenvalue weighted by atomic mass is 35.5. The highest BCUT2D eigenvalue weighted by molar-refractivity contribution is 5.85. The van der Waals surface area contributed by atoms with Crippen LogP contribution in [0, 0.1) is 0 Å². The van der Waals surface area contributed by atoms with E-state index in [4.69, 9.17) is 15.2 Å². The summed E-state index contributed by atoms with van der Waals surface area (Å²) in [6.07, 6.45) is 3.57. The number of carbonyl (C=O) groups is 1. The minimum absolute atomic E-state index is 0. The molecule has 0 aromatic rings. The normalized spacial score (nSPS) is 22.6. The molecule has 18 heavy (non-hydrogen) atoms. The van der Waals surface area contributed by atoms with E-state index in [1.807, 2.05) is 0 Å². The monoisotopic (exact) mass is 280 g/mol. The van der Waals surface area contributed by atoms with Crippen molar-refractivity contribution in [1.29, 1.82) is 0 Å². The van der Waals surface area contributed by atoms with Crippen LogP contribution in [0.25, 0.3) is 0 Å². The summed E-state index contributed by atoms with van der Waals surface area (Å²) in [6, 6.07) is 0. The van der Waals surface area contributed by atoms with Gasteiger partial charge in [0.2, 0.25) is 5.91 Å². The number of amides is 1. The van der Waals surface area contributed by atoms with E-state index in [0.29, 0.717) is 19.7 Å². The fourth-order valence-corrected chi connectivity index (χ4v) is 1.78. The zero-order chi connectivity index (χ0) is 12.5. The van der Waals surface area contributed by atoms with E-state index in [9.17, 15) is 4.79 Å². The van der Waals surface area contributed by atoms with E-state index in [-0.39, 0.29) is 30.5 Å². The molecule has 0 unspecified atom stereocenters. The number of ether oxygens (including phenoxy) is 2. The Hall–Kier alpha value is -0.360. The Labute approximate surface area is 115 Å². The van der Waals surface area contributed by atoms with E-state index < -0.39 is 0 Å². The Kier molecular flexibility index (Phi) is 10.3. The summed E-state index contributed by atoms with van der Waals surface area (Å²) in [6.45, 7) is 4.50. The van der Waals surface area contributed by atoms with Gasteiger partial charge in [0.1, 0.15) is 6.10 Å². The van der Waals surface area contributed by atoms with Gasteiger partial charge in [-0.3, -0.25) is 4.79 Å². The Balaban J connectivity index is 0.00000289. The molecule has 1 heterocycles. The SMILES string of the molecule is CCCCOCCNC(=O)[C@@H]1CC[C@H](CN)O1.Cl. The maximum atomic E-state index is 11.7. The summed E-state index contributed by atoms with van der Waals surface area (Å²) in [5.74, 6) is -0.0416. The number of nitrogens with two attached hydrogens (primary N) is 1. The zero-order valence-electron chi connectivity index (χ0n) is 11.0. The molecule has 0 spiro atoms. The number of hydrogen-bond donors (Lipinski definition) is 2. The van der Waals surface area contributed by atoms with E-state index in [2.05, 4.69) is 12.2 Å². The zero-order valence-corrected chi connectivity index (χ0v) is 11.8. The molecule has 0 aromatic heterocycles. The van der Waals surface area contributed by atoms with E-state index in [1.165, 1.54) is 0 Å². The summed E-state index contributed by atoms with van der Waals surface area (Å²) < 4.78 is 10.8. The van der Waals surface area contributed by atoms with Crippen LogP contribution >= 0.6 is 12.4 Å². The van der Waals surface area contributed by atoms with Crippen molar-refractivity contribution in [3.05, 3.63) is 0 Å². The lowest BCUT2D eigenvalue weighted by Gasteiger charge is -2.12. The van der Waals surface area contributed by atoms with Gasteiger partial charge in [0.15, 0.2) is 0 Å². The molecule has 1 aliphatic heterocycles. The molecule has 0 aromatic carbocycles. The van der Waals surface area contributed by atoms with Gasteiger partial charge in [-0.1, -0.05) is 13.3 Å². The molecule has 0 bridgehead atoms. The van der Waals surface area contributed by atoms with Crippen LogP contribution in [0.1, 0.15) is 32.6 Å². The van der Waals surface area contributed by atoms with Crippen molar-refractivity contribution in [2.45, 2.75) is 44.8 Å². The third-order valence-electron chi connectivity index (χ3n) is 2.85. The first kappa shape index (κ1) is 17.6. The van der Waals surface area contributed by atoms with Crippen LogP contribution in [-0.4, -0.2) is 44.4 Å². The first-order chi connectivity index (χ1) is 8.27. The maximum Gasteiger partial charge on any atom is 0.249 e. The molecule has 6 heteroatoms. The van der Waals surface area contributed by atoms with Crippen molar-refractivity contribution in [2.24, 2.45) is 5.73 Å². The van der Waals surface area contributed by atoms with Gasteiger partial charge in [0.25, 0.3) is 0 Å². The molecule has 1 rings (SSSR count). The molecule has 0 radical (unpaired) electrons. The van der Waals surface area contributed by atoms with Crippen LogP contribution in [-0.2, 0) is 14.3 Å². The predicted octanol–water partition coefficient (Wildman–Crippen LogP) is 0.847. The average molecular weight is 281 g/mol. The Morgan fingerprint density at radius 3 is 2.83 bits per heavy atom. The van der Waals surface area contributed by atoms with Gasteiger partial charge in [0.05, 0.1) is 12.7 Å². The number of hydrogen-bond acceptors (Lipinski definition) is 4. The lowest BCUT2D eigenvalue weighted by Crippen LogP contribution is -2.37. The fraction of sp³-hybridized carbons (Fsp3) is 0.917. The first-order valence-corrected chi connectivity index (χ1v) is 6.49. The number of rotatable bonds is 8. The second-order valence-corrected chi connectivity index (χ2v) is 4.32. The highest BCUT2D eigenvalue weighted by Gasteiger charge is 2.29. The van der Waals surface area contributed by atoms with Gasteiger partial charge in [-0.2, -0.15) is 0 Å². The van der Waals surface area contributed by atoms with Gasteiger partial charge >= 0.3 is 0 Å².